The third-order valence-electron chi connectivity index (χ3n) is 1.45. The van der Waals surface area contributed by atoms with Crippen LogP contribution in [-0.2, 0) is 0 Å². The van der Waals surface area contributed by atoms with Crippen molar-refractivity contribution in [1.29, 1.82) is 0 Å². The predicted molar refractivity (Wildman–Crippen MR) is 47.6 cm³/mol. The molecule has 13 heavy (non-hydrogen) atoms. The van der Waals surface area contributed by atoms with Crippen molar-refractivity contribution in [2.45, 2.75) is 0 Å². The lowest BCUT2D eigenvalue weighted by Crippen LogP contribution is -1.96. The first-order valence-corrected chi connectivity index (χ1v) is 3.14. The zero-order valence-electron chi connectivity index (χ0n) is 6.24. The van der Waals surface area contributed by atoms with E-state index in [-0.39, 0.29) is 28.6 Å². The second kappa shape index (κ2) is 3.25. The highest BCUT2D eigenvalue weighted by atomic mass is 79.9. The summed E-state index contributed by atoms with van der Waals surface area (Å²) < 4.78 is 26.5. The molecule has 7 heteroatoms. The molecule has 0 aliphatic rings. The molecular weight excluding hydrogens is 246 g/mol. The molecular formula is C6H5BrF2N4. The molecule has 2 aromatic rings. The Labute approximate surface area is 82.1 Å². The minimum atomic E-state index is -0.779. The Kier molecular flexibility index (Phi) is 2.46. The van der Waals surface area contributed by atoms with Crippen LogP contribution in [0.4, 0.5) is 14.7 Å². The third kappa shape index (κ3) is 1.46. The number of hydrogen-bond donors (Lipinski definition) is 1. The van der Waals surface area contributed by atoms with Crippen LogP contribution < -0.4 is 5.73 Å². The molecule has 0 saturated heterocycles. The van der Waals surface area contributed by atoms with Crippen molar-refractivity contribution in [3.05, 3.63) is 23.9 Å². The monoisotopic (exact) mass is 250 g/mol. The van der Waals surface area contributed by atoms with Crippen LogP contribution in [0.5, 0.6) is 0 Å². The number of halogens is 3. The van der Waals surface area contributed by atoms with E-state index in [0.29, 0.717) is 0 Å². The fourth-order valence-electron chi connectivity index (χ4n) is 0.940. The molecule has 2 rings (SSSR count). The number of pyridine rings is 1. The van der Waals surface area contributed by atoms with Crippen LogP contribution in [-0.4, -0.2) is 14.6 Å². The first-order valence-electron chi connectivity index (χ1n) is 3.14. The van der Waals surface area contributed by atoms with Gasteiger partial charge in [0.1, 0.15) is 5.82 Å². The highest BCUT2D eigenvalue weighted by molar-refractivity contribution is 8.93. The quantitative estimate of drug-likeness (QED) is 0.764. The lowest BCUT2D eigenvalue weighted by atomic mass is 10.4. The van der Waals surface area contributed by atoms with Crippen LogP contribution in [0.15, 0.2) is 12.3 Å². The minimum Gasteiger partial charge on any atom is -0.368 e. The SMILES string of the molecule is Br.Nc1nnc2c(F)cc(F)cn12. The lowest BCUT2D eigenvalue weighted by Gasteiger charge is -1.94. The molecule has 2 N–H and O–H groups in total. The van der Waals surface area contributed by atoms with Crippen LogP contribution in [0.2, 0.25) is 0 Å². The van der Waals surface area contributed by atoms with Crippen LogP contribution in [0, 0.1) is 11.6 Å². The Hall–Kier alpha value is -1.24. The van der Waals surface area contributed by atoms with E-state index in [0.717, 1.165) is 16.7 Å². The average molecular weight is 251 g/mol. The van der Waals surface area contributed by atoms with Crippen LogP contribution in [0.3, 0.4) is 0 Å². The molecule has 0 saturated carbocycles. The van der Waals surface area contributed by atoms with Crippen LogP contribution in [0.25, 0.3) is 5.65 Å². The maximum Gasteiger partial charge on any atom is 0.226 e. The summed E-state index contributed by atoms with van der Waals surface area (Å²) >= 11 is 0. The Morgan fingerprint density at radius 3 is 2.69 bits per heavy atom. The zero-order chi connectivity index (χ0) is 8.72. The van der Waals surface area contributed by atoms with E-state index in [2.05, 4.69) is 10.2 Å². The van der Waals surface area contributed by atoms with Gasteiger partial charge in [0.2, 0.25) is 5.95 Å². The molecule has 0 bridgehead atoms. The summed E-state index contributed by atoms with van der Waals surface area (Å²) in [7, 11) is 0. The Morgan fingerprint density at radius 2 is 2.00 bits per heavy atom. The summed E-state index contributed by atoms with van der Waals surface area (Å²) in [6.45, 7) is 0. The summed E-state index contributed by atoms with van der Waals surface area (Å²) in [4.78, 5) is 0. The molecule has 0 amide bonds. The van der Waals surface area contributed by atoms with Crippen molar-refractivity contribution in [3.8, 4) is 0 Å². The molecule has 2 heterocycles. The van der Waals surface area contributed by atoms with Gasteiger partial charge in [-0.15, -0.1) is 27.2 Å². The summed E-state index contributed by atoms with van der Waals surface area (Å²) in [6.07, 6.45) is 1.02. The second-order valence-corrected chi connectivity index (χ2v) is 2.26. The number of anilines is 1. The summed E-state index contributed by atoms with van der Waals surface area (Å²) in [5, 5.41) is 6.79. The van der Waals surface area contributed by atoms with Gasteiger partial charge in [-0.05, 0) is 0 Å². The molecule has 0 fully saturated rings. The Balaban J connectivity index is 0.000000845. The molecule has 0 radical (unpaired) electrons. The van der Waals surface area contributed by atoms with Gasteiger partial charge < -0.3 is 5.73 Å². The van der Waals surface area contributed by atoms with Gasteiger partial charge in [0.15, 0.2) is 11.5 Å². The van der Waals surface area contributed by atoms with Gasteiger partial charge in [-0.25, -0.2) is 8.78 Å². The topological polar surface area (TPSA) is 56.2 Å². The minimum absolute atomic E-state index is 0. The fraction of sp³-hybridized carbons (Fsp3) is 0. The number of hydrogen-bond acceptors (Lipinski definition) is 3. The molecule has 2 aromatic heterocycles. The normalized spacial score (nSPS) is 10.0. The van der Waals surface area contributed by atoms with Crippen molar-refractivity contribution in [2.24, 2.45) is 0 Å². The van der Waals surface area contributed by atoms with Crippen molar-refractivity contribution >= 4 is 28.6 Å². The van der Waals surface area contributed by atoms with E-state index in [9.17, 15) is 8.78 Å². The summed E-state index contributed by atoms with van der Waals surface area (Å²) in [6, 6.07) is 0.726. The van der Waals surface area contributed by atoms with Crippen molar-refractivity contribution in [3.63, 3.8) is 0 Å². The Morgan fingerprint density at radius 1 is 1.31 bits per heavy atom. The van der Waals surface area contributed by atoms with Gasteiger partial charge in [0.05, 0.1) is 0 Å². The average Bonchev–Trinajstić information content (AvgIpc) is 2.33. The second-order valence-electron chi connectivity index (χ2n) is 2.26. The fourth-order valence-corrected chi connectivity index (χ4v) is 0.940. The van der Waals surface area contributed by atoms with Crippen LogP contribution in [0.1, 0.15) is 0 Å². The predicted octanol–water partition coefficient (Wildman–Crippen LogP) is 1.17. The smallest absolute Gasteiger partial charge is 0.226 e. The van der Waals surface area contributed by atoms with Gasteiger partial charge in [0, 0.05) is 12.3 Å². The van der Waals surface area contributed by atoms with Gasteiger partial charge in [-0.1, -0.05) is 0 Å². The van der Waals surface area contributed by atoms with Gasteiger partial charge >= 0.3 is 0 Å². The number of rotatable bonds is 0. The first-order chi connectivity index (χ1) is 5.68. The van der Waals surface area contributed by atoms with Crippen LogP contribution >= 0.6 is 17.0 Å². The number of nitrogens with two attached hydrogens (primary N) is 1. The maximum atomic E-state index is 12.8. The third-order valence-corrected chi connectivity index (χ3v) is 1.45. The molecule has 0 spiro atoms. The molecule has 0 atom stereocenters. The largest absolute Gasteiger partial charge is 0.368 e. The zero-order valence-corrected chi connectivity index (χ0v) is 7.95. The van der Waals surface area contributed by atoms with Gasteiger partial charge in [-0.3, -0.25) is 4.40 Å². The standard InChI is InChI=1S/C6H4F2N4.BrH/c7-3-1-4(8)5-10-11-6(9)12(5)2-3;/h1-2H,(H2,9,11);1H. The van der Waals surface area contributed by atoms with E-state index in [1.54, 1.807) is 0 Å². The number of aromatic nitrogens is 3. The van der Waals surface area contributed by atoms with Crippen molar-refractivity contribution < 1.29 is 8.78 Å². The van der Waals surface area contributed by atoms with Crippen molar-refractivity contribution in [1.82, 2.24) is 14.6 Å². The molecule has 0 aliphatic heterocycles. The van der Waals surface area contributed by atoms with Gasteiger partial charge in [-0.2, -0.15) is 0 Å². The number of nitrogens with zero attached hydrogens (tertiary/aromatic N) is 3. The first kappa shape index (κ1) is 9.85. The lowest BCUT2D eigenvalue weighted by molar-refractivity contribution is 0.577. The molecule has 70 valence electrons. The van der Waals surface area contributed by atoms with E-state index in [1.165, 1.54) is 0 Å². The van der Waals surface area contributed by atoms with Crippen molar-refractivity contribution in [2.75, 3.05) is 5.73 Å². The molecule has 0 aliphatic carbocycles. The number of fused-ring (bicyclic) bond motifs is 1. The number of nitrogen functional groups attached to an aromatic ring is 1. The van der Waals surface area contributed by atoms with E-state index in [1.807, 2.05) is 0 Å². The van der Waals surface area contributed by atoms with E-state index in [4.69, 9.17) is 5.73 Å². The van der Waals surface area contributed by atoms with E-state index >= 15 is 0 Å². The highest BCUT2D eigenvalue weighted by Crippen LogP contribution is 2.11. The van der Waals surface area contributed by atoms with Gasteiger partial charge in [0.25, 0.3) is 0 Å². The Bertz CT molecular complexity index is 441. The molecule has 0 aromatic carbocycles. The van der Waals surface area contributed by atoms with E-state index < -0.39 is 11.6 Å². The highest BCUT2D eigenvalue weighted by Gasteiger charge is 2.08. The summed E-state index contributed by atoms with van der Waals surface area (Å²) in [5.74, 6) is -1.53. The molecule has 0 unspecified atom stereocenters. The molecule has 4 nitrogen and oxygen atoms in total. The maximum absolute atomic E-state index is 12.8. The summed E-state index contributed by atoms with van der Waals surface area (Å²) in [5.41, 5.74) is 5.19.